The van der Waals surface area contributed by atoms with Gasteiger partial charge in [-0.05, 0) is 71.7 Å². The number of para-hydroxylation sites is 2. The molecular weight excluding hydrogens is 463 g/mol. The lowest BCUT2D eigenvalue weighted by atomic mass is 9.85. The molecule has 9 heteroatoms. The Balaban J connectivity index is 1.86. The lowest BCUT2D eigenvalue weighted by molar-refractivity contribution is -0.127. The molecule has 36 heavy (non-hydrogen) atoms. The van der Waals surface area contributed by atoms with Crippen LogP contribution in [-0.2, 0) is 9.53 Å². The number of piperidine rings is 1. The summed E-state index contributed by atoms with van der Waals surface area (Å²) in [6.45, 7) is 9.17. The van der Waals surface area contributed by atoms with Gasteiger partial charge in [0.15, 0.2) is 0 Å². The van der Waals surface area contributed by atoms with Crippen molar-refractivity contribution in [2.75, 3.05) is 23.1 Å². The Morgan fingerprint density at radius 3 is 1.92 bits per heavy atom. The molecule has 3 rings (SSSR count). The normalized spacial score (nSPS) is 15.2. The summed E-state index contributed by atoms with van der Waals surface area (Å²) in [6.07, 6.45) is -0.505. The van der Waals surface area contributed by atoms with E-state index in [1.807, 2.05) is 44.2 Å². The van der Waals surface area contributed by atoms with E-state index in [1.54, 1.807) is 43.9 Å². The van der Waals surface area contributed by atoms with Gasteiger partial charge in [-0.1, -0.05) is 40.9 Å². The highest BCUT2D eigenvalue weighted by atomic mass is 19.2. The quantitative estimate of drug-likeness (QED) is 0.568. The highest BCUT2D eigenvalue weighted by Gasteiger charge is 2.47. The highest BCUT2D eigenvalue weighted by Crippen LogP contribution is 2.30. The maximum atomic E-state index is 14.8. The molecule has 0 aromatic heterocycles. The minimum atomic E-state index is -1.33. The Morgan fingerprint density at radius 1 is 0.944 bits per heavy atom. The van der Waals surface area contributed by atoms with Crippen LogP contribution in [0.5, 0.6) is 0 Å². The number of alkyl carbamates (subject to hydrolysis) is 1. The largest absolute Gasteiger partial charge is 0.444 e. The van der Waals surface area contributed by atoms with E-state index in [0.717, 1.165) is 0 Å². The Bertz CT molecular complexity index is 1050. The molecule has 1 aliphatic rings. The molecule has 1 heterocycles. The van der Waals surface area contributed by atoms with Crippen LogP contribution in [0.15, 0.2) is 60.7 Å². The number of benzene rings is 2. The number of likely N-dealkylation sites (tertiary alicyclic amines) is 1. The molecular formula is C27H35FN4O4. The first kappa shape index (κ1) is 27.0. The fourth-order valence-corrected chi connectivity index (χ4v) is 4.23. The van der Waals surface area contributed by atoms with Gasteiger partial charge >= 0.3 is 12.1 Å². The predicted octanol–water partition coefficient (Wildman–Crippen LogP) is 5.30. The van der Waals surface area contributed by atoms with Crippen LogP contribution in [0.2, 0.25) is 0 Å². The van der Waals surface area contributed by atoms with Gasteiger partial charge in [0, 0.05) is 24.8 Å². The molecule has 2 aromatic carbocycles. The van der Waals surface area contributed by atoms with Crippen molar-refractivity contribution in [1.82, 2.24) is 10.2 Å². The minimum Gasteiger partial charge on any atom is -0.444 e. The van der Waals surface area contributed by atoms with E-state index in [1.165, 1.54) is 17.0 Å². The molecule has 1 fully saturated rings. The maximum Gasteiger partial charge on any atom is 0.408 e. The molecule has 194 valence electrons. The van der Waals surface area contributed by atoms with Gasteiger partial charge in [0.2, 0.25) is 0 Å². The second kappa shape index (κ2) is 11.0. The number of amides is 4. The van der Waals surface area contributed by atoms with E-state index in [4.69, 9.17) is 4.74 Å². The number of anilines is 2. The van der Waals surface area contributed by atoms with Crippen LogP contribution in [0.25, 0.3) is 0 Å². The number of ether oxygens (including phenoxy) is 1. The molecule has 2 aromatic rings. The van der Waals surface area contributed by atoms with Gasteiger partial charge in [-0.3, -0.25) is 4.79 Å². The van der Waals surface area contributed by atoms with Crippen LogP contribution in [0.1, 0.15) is 47.5 Å². The summed E-state index contributed by atoms with van der Waals surface area (Å²) in [7, 11) is 0. The Kier molecular flexibility index (Phi) is 8.22. The van der Waals surface area contributed by atoms with Gasteiger partial charge in [0.1, 0.15) is 11.1 Å². The van der Waals surface area contributed by atoms with Gasteiger partial charge in [-0.2, -0.15) is 0 Å². The van der Waals surface area contributed by atoms with Gasteiger partial charge in [-0.25, -0.2) is 9.59 Å². The first-order valence-corrected chi connectivity index (χ1v) is 12.1. The topological polar surface area (TPSA) is 82.2 Å². The molecule has 0 aliphatic carbocycles. The summed E-state index contributed by atoms with van der Waals surface area (Å²) in [6, 6.07) is 16.2. The number of nitrogens with zero attached hydrogens (tertiary/aromatic N) is 3. The molecule has 0 radical (unpaired) electrons. The van der Waals surface area contributed by atoms with Crippen molar-refractivity contribution in [2.45, 2.75) is 64.6 Å². The molecule has 1 N–H and O–H groups in total. The summed E-state index contributed by atoms with van der Waals surface area (Å²) < 4.78 is 20.3. The zero-order valence-corrected chi connectivity index (χ0v) is 21.5. The van der Waals surface area contributed by atoms with Crippen LogP contribution in [0, 0.1) is 0 Å². The second-order valence-electron chi connectivity index (χ2n) is 10.2. The summed E-state index contributed by atoms with van der Waals surface area (Å²) in [5, 5.41) is 2.91. The minimum absolute atomic E-state index is 0.0777. The first-order valence-electron chi connectivity index (χ1n) is 12.1. The number of urea groups is 1. The molecule has 1 aliphatic heterocycles. The fraction of sp³-hybridized carbons (Fsp3) is 0.444. The number of halogens is 1. The number of carbonyl (C=O) groups excluding carboxylic acids is 3. The van der Waals surface area contributed by atoms with E-state index < -0.39 is 23.3 Å². The highest BCUT2D eigenvalue weighted by molar-refractivity contribution is 6.02. The molecule has 1 saturated heterocycles. The third-order valence-electron chi connectivity index (χ3n) is 5.96. The van der Waals surface area contributed by atoms with Crippen molar-refractivity contribution in [2.24, 2.45) is 0 Å². The van der Waals surface area contributed by atoms with Crippen molar-refractivity contribution in [1.29, 1.82) is 0 Å². The number of hydrogen-bond donors (Lipinski definition) is 1. The summed E-state index contributed by atoms with van der Waals surface area (Å²) in [4.78, 5) is 42.7. The summed E-state index contributed by atoms with van der Waals surface area (Å²) in [5.74, 6) is -0.304. The zero-order chi connectivity index (χ0) is 26.5. The molecule has 0 atom stereocenters. The van der Waals surface area contributed by atoms with E-state index in [2.05, 4.69) is 5.32 Å². The third kappa shape index (κ3) is 6.33. The molecule has 0 unspecified atom stereocenters. The molecule has 0 saturated carbocycles. The van der Waals surface area contributed by atoms with Crippen LogP contribution < -0.4 is 15.3 Å². The van der Waals surface area contributed by atoms with Crippen LogP contribution in [-0.4, -0.2) is 53.2 Å². The average molecular weight is 499 g/mol. The van der Waals surface area contributed by atoms with Gasteiger partial charge in [0.05, 0.1) is 5.69 Å². The zero-order valence-electron chi connectivity index (χ0n) is 21.5. The molecule has 0 spiro atoms. The standard InChI is InChI=1S/C27H35FN4O4/c1-20(2)31(21-12-8-6-9-13-21)23(33)27(29-24(34)36-26(3,4)5)16-18-30(19-17-27)25(35)32(28)22-14-10-7-11-15-22/h6-15,20H,16-19H2,1-5H3,(H,29,34). The summed E-state index contributed by atoms with van der Waals surface area (Å²) >= 11 is 0. The Labute approximate surface area is 211 Å². The number of hydrogen-bond acceptors (Lipinski definition) is 4. The number of nitrogens with one attached hydrogen (secondary N) is 1. The Morgan fingerprint density at radius 2 is 1.44 bits per heavy atom. The molecule has 4 amide bonds. The van der Waals surface area contributed by atoms with Crippen molar-refractivity contribution in [3.8, 4) is 0 Å². The van der Waals surface area contributed by atoms with Crippen molar-refractivity contribution in [3.63, 3.8) is 0 Å². The average Bonchev–Trinajstić information content (AvgIpc) is 2.83. The lowest BCUT2D eigenvalue weighted by Crippen LogP contribution is -2.66. The van der Waals surface area contributed by atoms with E-state index in [9.17, 15) is 18.9 Å². The van der Waals surface area contributed by atoms with Crippen LogP contribution in [0.4, 0.5) is 25.4 Å². The SMILES string of the molecule is CC(C)N(C(=O)C1(NC(=O)OC(C)(C)C)CCN(C(=O)N(F)c2ccccc2)CC1)c1ccccc1. The number of rotatable bonds is 5. The number of carbonyl (C=O) groups is 3. The fourth-order valence-electron chi connectivity index (χ4n) is 4.23. The van der Waals surface area contributed by atoms with E-state index in [-0.39, 0.29) is 48.7 Å². The molecule has 0 bridgehead atoms. The van der Waals surface area contributed by atoms with Crippen molar-refractivity contribution in [3.05, 3.63) is 60.7 Å². The lowest BCUT2D eigenvalue weighted by Gasteiger charge is -2.44. The first-order chi connectivity index (χ1) is 16.9. The molecule has 8 nitrogen and oxygen atoms in total. The van der Waals surface area contributed by atoms with E-state index >= 15 is 0 Å². The van der Waals surface area contributed by atoms with Crippen molar-refractivity contribution >= 4 is 29.4 Å². The monoisotopic (exact) mass is 498 g/mol. The summed E-state index contributed by atoms with van der Waals surface area (Å²) in [5.41, 5.74) is -1.27. The predicted molar refractivity (Wildman–Crippen MR) is 137 cm³/mol. The maximum absolute atomic E-state index is 14.8. The van der Waals surface area contributed by atoms with Gasteiger partial charge < -0.3 is 19.9 Å². The smallest absolute Gasteiger partial charge is 0.408 e. The van der Waals surface area contributed by atoms with Crippen LogP contribution >= 0.6 is 0 Å². The van der Waals surface area contributed by atoms with Gasteiger partial charge in [0.25, 0.3) is 5.91 Å². The van der Waals surface area contributed by atoms with Crippen LogP contribution in [0.3, 0.4) is 0 Å². The van der Waals surface area contributed by atoms with Gasteiger partial charge in [-0.15, -0.1) is 5.12 Å². The second-order valence-corrected chi connectivity index (χ2v) is 10.2. The van der Waals surface area contributed by atoms with Crippen molar-refractivity contribution < 1.29 is 23.6 Å². The Hall–Kier alpha value is -3.62. The third-order valence-corrected chi connectivity index (χ3v) is 5.96. The van der Waals surface area contributed by atoms with E-state index in [0.29, 0.717) is 5.69 Å².